The number of rotatable bonds is 5. The molecule has 0 atom stereocenters. The predicted octanol–water partition coefficient (Wildman–Crippen LogP) is 1.78. The van der Waals surface area contributed by atoms with Crippen LogP contribution in [0.5, 0.6) is 0 Å². The molecule has 0 bridgehead atoms. The topological polar surface area (TPSA) is 80.0 Å². The minimum Gasteiger partial charge on any atom is -0.478 e. The minimum atomic E-state index is -0.960. The summed E-state index contributed by atoms with van der Waals surface area (Å²) in [6.07, 6.45) is 2.52. The summed E-state index contributed by atoms with van der Waals surface area (Å²) in [4.78, 5) is 15.5. The standard InChI is InChI=1S/C14H18N4O2/c1-9-8-12(13(14(19)20)10(2)17-9)15-6-4-11-5-7-16-18(11)3/h5,7-8H,4,6H2,1-3H3,(H,15,17)(H,19,20). The fourth-order valence-corrected chi connectivity index (χ4v) is 2.21. The molecule has 2 aromatic heterocycles. The Morgan fingerprint density at radius 3 is 2.80 bits per heavy atom. The summed E-state index contributed by atoms with van der Waals surface area (Å²) >= 11 is 0. The Kier molecular flexibility index (Phi) is 4.02. The van der Waals surface area contributed by atoms with E-state index in [-0.39, 0.29) is 5.56 Å². The molecule has 0 unspecified atom stereocenters. The average molecular weight is 274 g/mol. The van der Waals surface area contributed by atoms with Gasteiger partial charge in [-0.1, -0.05) is 0 Å². The zero-order chi connectivity index (χ0) is 14.7. The van der Waals surface area contributed by atoms with E-state index in [1.165, 1.54) is 0 Å². The van der Waals surface area contributed by atoms with Crippen molar-refractivity contribution in [1.29, 1.82) is 0 Å². The van der Waals surface area contributed by atoms with Crippen LogP contribution in [0.25, 0.3) is 0 Å². The lowest BCUT2D eigenvalue weighted by Gasteiger charge is -2.12. The molecule has 2 heterocycles. The third-order valence-electron chi connectivity index (χ3n) is 3.16. The molecule has 20 heavy (non-hydrogen) atoms. The Hall–Kier alpha value is -2.37. The molecule has 6 nitrogen and oxygen atoms in total. The van der Waals surface area contributed by atoms with Crippen LogP contribution in [0.2, 0.25) is 0 Å². The van der Waals surface area contributed by atoms with Crippen molar-refractivity contribution < 1.29 is 9.90 Å². The zero-order valence-corrected chi connectivity index (χ0v) is 11.8. The van der Waals surface area contributed by atoms with E-state index in [2.05, 4.69) is 15.4 Å². The van der Waals surface area contributed by atoms with E-state index < -0.39 is 5.97 Å². The van der Waals surface area contributed by atoms with Crippen LogP contribution in [0.3, 0.4) is 0 Å². The van der Waals surface area contributed by atoms with Crippen LogP contribution in [0.1, 0.15) is 27.4 Å². The first-order valence-corrected chi connectivity index (χ1v) is 6.41. The van der Waals surface area contributed by atoms with Crippen molar-refractivity contribution >= 4 is 11.7 Å². The molecular weight excluding hydrogens is 256 g/mol. The second-order valence-electron chi connectivity index (χ2n) is 4.70. The molecule has 0 aliphatic carbocycles. The van der Waals surface area contributed by atoms with E-state index in [0.29, 0.717) is 17.9 Å². The fraction of sp³-hybridized carbons (Fsp3) is 0.357. The fourth-order valence-electron chi connectivity index (χ4n) is 2.21. The van der Waals surface area contributed by atoms with Crippen LogP contribution in [0.4, 0.5) is 5.69 Å². The summed E-state index contributed by atoms with van der Waals surface area (Å²) in [6, 6.07) is 3.71. The number of aromatic carboxylic acids is 1. The summed E-state index contributed by atoms with van der Waals surface area (Å²) < 4.78 is 1.81. The number of carbonyl (C=O) groups is 1. The van der Waals surface area contributed by atoms with Crippen LogP contribution in [0.15, 0.2) is 18.3 Å². The average Bonchev–Trinajstić information content (AvgIpc) is 2.73. The Morgan fingerprint density at radius 1 is 1.45 bits per heavy atom. The summed E-state index contributed by atoms with van der Waals surface area (Å²) in [5, 5.41) is 16.6. The highest BCUT2D eigenvalue weighted by Gasteiger charge is 2.15. The van der Waals surface area contributed by atoms with Gasteiger partial charge in [-0.05, 0) is 26.0 Å². The monoisotopic (exact) mass is 274 g/mol. The van der Waals surface area contributed by atoms with Gasteiger partial charge >= 0.3 is 5.97 Å². The van der Waals surface area contributed by atoms with Gasteiger partial charge in [0.25, 0.3) is 0 Å². The van der Waals surface area contributed by atoms with Gasteiger partial charge in [0.1, 0.15) is 5.56 Å². The number of hydrogen-bond acceptors (Lipinski definition) is 4. The lowest BCUT2D eigenvalue weighted by molar-refractivity contribution is 0.0696. The molecule has 2 aromatic rings. The molecule has 2 N–H and O–H groups in total. The van der Waals surface area contributed by atoms with Crippen LogP contribution in [-0.2, 0) is 13.5 Å². The highest BCUT2D eigenvalue weighted by atomic mass is 16.4. The molecule has 106 valence electrons. The maximum atomic E-state index is 11.3. The Balaban J connectivity index is 2.13. The van der Waals surface area contributed by atoms with Crippen LogP contribution >= 0.6 is 0 Å². The normalized spacial score (nSPS) is 10.6. The number of pyridine rings is 1. The number of nitrogens with zero attached hydrogens (tertiary/aromatic N) is 3. The smallest absolute Gasteiger partial charge is 0.339 e. The van der Waals surface area contributed by atoms with Gasteiger partial charge in [-0.15, -0.1) is 0 Å². The van der Waals surface area contributed by atoms with Gasteiger partial charge in [0, 0.05) is 37.6 Å². The maximum Gasteiger partial charge on any atom is 0.339 e. The molecular formula is C14H18N4O2. The largest absolute Gasteiger partial charge is 0.478 e. The first-order chi connectivity index (χ1) is 9.49. The van der Waals surface area contributed by atoms with Crippen molar-refractivity contribution in [1.82, 2.24) is 14.8 Å². The van der Waals surface area contributed by atoms with Crippen molar-refractivity contribution in [2.75, 3.05) is 11.9 Å². The molecule has 0 spiro atoms. The summed E-state index contributed by atoms with van der Waals surface area (Å²) in [6.45, 7) is 4.20. The zero-order valence-electron chi connectivity index (χ0n) is 11.8. The molecule has 0 aliphatic heterocycles. The molecule has 0 radical (unpaired) electrons. The number of aryl methyl sites for hydroxylation is 3. The van der Waals surface area contributed by atoms with E-state index in [9.17, 15) is 9.90 Å². The molecule has 6 heteroatoms. The quantitative estimate of drug-likeness (QED) is 0.868. The molecule has 0 saturated heterocycles. The summed E-state index contributed by atoms with van der Waals surface area (Å²) in [7, 11) is 1.89. The van der Waals surface area contributed by atoms with Crippen molar-refractivity contribution in [2.24, 2.45) is 7.05 Å². The highest BCUT2D eigenvalue weighted by molar-refractivity contribution is 5.95. The lowest BCUT2D eigenvalue weighted by Crippen LogP contribution is -2.13. The first kappa shape index (κ1) is 14.0. The van der Waals surface area contributed by atoms with Gasteiger partial charge in [-0.2, -0.15) is 5.10 Å². The van der Waals surface area contributed by atoms with Crippen molar-refractivity contribution in [2.45, 2.75) is 20.3 Å². The minimum absolute atomic E-state index is 0.237. The van der Waals surface area contributed by atoms with Gasteiger partial charge in [0.15, 0.2) is 0 Å². The van der Waals surface area contributed by atoms with Gasteiger partial charge < -0.3 is 10.4 Å². The van der Waals surface area contributed by atoms with E-state index in [4.69, 9.17) is 0 Å². The van der Waals surface area contributed by atoms with Crippen LogP contribution in [0, 0.1) is 13.8 Å². The number of carboxylic acids is 1. The van der Waals surface area contributed by atoms with E-state index >= 15 is 0 Å². The van der Waals surface area contributed by atoms with E-state index in [1.54, 1.807) is 19.2 Å². The highest BCUT2D eigenvalue weighted by Crippen LogP contribution is 2.19. The van der Waals surface area contributed by atoms with Gasteiger partial charge in [-0.25, -0.2) is 4.79 Å². The van der Waals surface area contributed by atoms with Crippen molar-refractivity contribution in [3.63, 3.8) is 0 Å². The third kappa shape index (κ3) is 2.96. The second-order valence-corrected chi connectivity index (χ2v) is 4.70. The number of carboxylic acid groups (broad SMARTS) is 1. The molecule has 0 amide bonds. The number of anilines is 1. The molecule has 0 aliphatic rings. The van der Waals surface area contributed by atoms with E-state index in [1.807, 2.05) is 24.7 Å². The van der Waals surface area contributed by atoms with Crippen molar-refractivity contribution in [3.05, 3.63) is 41.0 Å². The van der Waals surface area contributed by atoms with Crippen LogP contribution < -0.4 is 5.32 Å². The SMILES string of the molecule is Cc1cc(NCCc2ccnn2C)c(C(=O)O)c(C)n1. The van der Waals surface area contributed by atoms with E-state index in [0.717, 1.165) is 17.8 Å². The summed E-state index contributed by atoms with van der Waals surface area (Å²) in [5.74, 6) is -0.960. The Morgan fingerprint density at radius 2 is 2.20 bits per heavy atom. The molecule has 0 saturated carbocycles. The molecule has 2 rings (SSSR count). The third-order valence-corrected chi connectivity index (χ3v) is 3.16. The molecule has 0 aromatic carbocycles. The van der Waals surface area contributed by atoms with Gasteiger partial charge in [0.2, 0.25) is 0 Å². The van der Waals surface area contributed by atoms with Crippen molar-refractivity contribution in [3.8, 4) is 0 Å². The maximum absolute atomic E-state index is 11.3. The predicted molar refractivity (Wildman–Crippen MR) is 76.1 cm³/mol. The summed E-state index contributed by atoms with van der Waals surface area (Å²) in [5.41, 5.74) is 3.28. The second kappa shape index (κ2) is 5.73. The van der Waals surface area contributed by atoms with Crippen LogP contribution in [-0.4, -0.2) is 32.4 Å². The number of aromatic nitrogens is 3. The number of nitrogens with one attached hydrogen (secondary N) is 1. The Bertz CT molecular complexity index is 634. The lowest BCUT2D eigenvalue weighted by atomic mass is 10.1. The van der Waals surface area contributed by atoms with Gasteiger partial charge in [0.05, 0.1) is 11.4 Å². The Labute approximate surface area is 117 Å². The van der Waals surface area contributed by atoms with Gasteiger partial charge in [-0.3, -0.25) is 9.67 Å². The number of hydrogen-bond donors (Lipinski definition) is 2. The first-order valence-electron chi connectivity index (χ1n) is 6.41. The molecule has 0 fully saturated rings.